The number of thioether (sulfide) groups is 2. The van der Waals surface area contributed by atoms with Crippen molar-refractivity contribution in [2.75, 3.05) is 31.4 Å². The molecule has 0 heterocycles. The number of rotatable bonds is 8. The first-order valence-electron chi connectivity index (χ1n) is 7.36. The number of halogens is 1. The van der Waals surface area contributed by atoms with Gasteiger partial charge in [-0.2, -0.15) is 23.5 Å². The van der Waals surface area contributed by atoms with Crippen LogP contribution in [0.5, 0.6) is 0 Å². The molecule has 3 nitrogen and oxygen atoms in total. The first kappa shape index (κ1) is 20.7. The standard InChI is InChI=1S/C14H29N3S2.HI/c1-4-15-14(16-9-5-6-10-18-2)17-12-7-8-13(11-12)19-3;/h12-13H,4-11H2,1-3H3,(H2,15,16,17);1H. The minimum atomic E-state index is 0. The Morgan fingerprint density at radius 3 is 2.65 bits per heavy atom. The van der Waals surface area contributed by atoms with Gasteiger partial charge in [-0.3, -0.25) is 4.99 Å². The number of aliphatic imine (C=N–C) groups is 1. The van der Waals surface area contributed by atoms with Crippen molar-refractivity contribution >= 4 is 53.5 Å². The summed E-state index contributed by atoms with van der Waals surface area (Å²) in [7, 11) is 0. The number of hydrogen-bond acceptors (Lipinski definition) is 3. The van der Waals surface area contributed by atoms with Crippen LogP contribution >= 0.6 is 47.5 Å². The summed E-state index contributed by atoms with van der Waals surface area (Å²) in [5.41, 5.74) is 0. The van der Waals surface area contributed by atoms with Crippen molar-refractivity contribution in [3.63, 3.8) is 0 Å². The van der Waals surface area contributed by atoms with E-state index in [0.29, 0.717) is 6.04 Å². The topological polar surface area (TPSA) is 36.4 Å². The largest absolute Gasteiger partial charge is 0.357 e. The summed E-state index contributed by atoms with van der Waals surface area (Å²) in [4.78, 5) is 4.68. The van der Waals surface area contributed by atoms with Crippen LogP contribution in [0.15, 0.2) is 4.99 Å². The molecule has 1 fully saturated rings. The van der Waals surface area contributed by atoms with Crippen molar-refractivity contribution in [3.05, 3.63) is 0 Å². The third kappa shape index (κ3) is 8.87. The molecule has 2 atom stereocenters. The maximum absolute atomic E-state index is 4.68. The molecular weight excluding hydrogens is 401 g/mol. The summed E-state index contributed by atoms with van der Waals surface area (Å²) in [6, 6.07) is 0.612. The molecule has 120 valence electrons. The van der Waals surface area contributed by atoms with E-state index in [9.17, 15) is 0 Å². The Bertz CT molecular complexity index is 265. The van der Waals surface area contributed by atoms with Gasteiger partial charge >= 0.3 is 0 Å². The van der Waals surface area contributed by atoms with Crippen molar-refractivity contribution in [3.8, 4) is 0 Å². The van der Waals surface area contributed by atoms with E-state index in [2.05, 4.69) is 35.1 Å². The third-order valence-corrected chi connectivity index (χ3v) is 5.22. The lowest BCUT2D eigenvalue weighted by Gasteiger charge is -2.17. The van der Waals surface area contributed by atoms with E-state index in [1.165, 1.54) is 37.9 Å². The molecule has 1 aliphatic carbocycles. The zero-order valence-corrected chi connectivity index (χ0v) is 16.9. The Labute approximate surface area is 150 Å². The Kier molecular flexibility index (Phi) is 13.8. The van der Waals surface area contributed by atoms with Crippen LogP contribution in [0.2, 0.25) is 0 Å². The molecule has 6 heteroatoms. The number of nitrogens with one attached hydrogen (secondary N) is 2. The van der Waals surface area contributed by atoms with E-state index in [-0.39, 0.29) is 24.0 Å². The monoisotopic (exact) mass is 431 g/mol. The molecule has 0 spiro atoms. The van der Waals surface area contributed by atoms with Crippen molar-refractivity contribution in [1.82, 2.24) is 10.6 Å². The molecule has 0 radical (unpaired) electrons. The van der Waals surface area contributed by atoms with Crippen molar-refractivity contribution in [1.29, 1.82) is 0 Å². The molecule has 1 aliphatic rings. The number of hydrogen-bond donors (Lipinski definition) is 2. The molecule has 0 aliphatic heterocycles. The fourth-order valence-corrected chi connectivity index (χ4v) is 3.64. The maximum atomic E-state index is 4.68. The normalized spacial score (nSPS) is 22.4. The maximum Gasteiger partial charge on any atom is 0.191 e. The molecule has 0 bridgehead atoms. The Morgan fingerprint density at radius 1 is 1.25 bits per heavy atom. The van der Waals surface area contributed by atoms with Gasteiger partial charge in [-0.15, -0.1) is 24.0 Å². The molecule has 1 rings (SSSR count). The minimum absolute atomic E-state index is 0. The van der Waals surface area contributed by atoms with Crippen molar-refractivity contribution < 1.29 is 0 Å². The third-order valence-electron chi connectivity index (χ3n) is 3.43. The summed E-state index contributed by atoms with van der Waals surface area (Å²) in [5, 5.41) is 7.79. The number of guanidine groups is 1. The van der Waals surface area contributed by atoms with Gasteiger partial charge in [0.25, 0.3) is 0 Å². The van der Waals surface area contributed by atoms with Crippen LogP contribution in [-0.2, 0) is 0 Å². The van der Waals surface area contributed by atoms with Gasteiger partial charge in [0.2, 0.25) is 0 Å². The molecule has 1 saturated carbocycles. The fraction of sp³-hybridized carbons (Fsp3) is 0.929. The summed E-state index contributed by atoms with van der Waals surface area (Å²) < 4.78 is 0. The van der Waals surface area contributed by atoms with Crippen LogP contribution in [0.1, 0.15) is 39.0 Å². The number of unbranched alkanes of at least 4 members (excludes halogenated alkanes) is 1. The van der Waals surface area contributed by atoms with E-state index in [4.69, 9.17) is 0 Å². The molecule has 2 N–H and O–H groups in total. The second-order valence-corrected chi connectivity index (χ2v) is 7.10. The average molecular weight is 431 g/mol. The van der Waals surface area contributed by atoms with Crippen molar-refractivity contribution in [2.45, 2.75) is 50.3 Å². The Morgan fingerprint density at radius 2 is 2.05 bits per heavy atom. The first-order chi connectivity index (χ1) is 9.30. The molecule has 0 amide bonds. The molecule has 2 unspecified atom stereocenters. The van der Waals surface area contributed by atoms with Gasteiger partial charge in [-0.25, -0.2) is 0 Å². The van der Waals surface area contributed by atoms with E-state index >= 15 is 0 Å². The van der Waals surface area contributed by atoms with Gasteiger partial charge in [0.05, 0.1) is 0 Å². The van der Waals surface area contributed by atoms with E-state index in [0.717, 1.165) is 24.3 Å². The zero-order chi connectivity index (χ0) is 13.9. The highest BCUT2D eigenvalue weighted by Crippen LogP contribution is 2.27. The Hall–Kier alpha value is 0.700. The molecule has 0 aromatic carbocycles. The van der Waals surface area contributed by atoms with Gasteiger partial charge in [0, 0.05) is 24.4 Å². The number of nitrogens with zero attached hydrogens (tertiary/aromatic N) is 1. The van der Waals surface area contributed by atoms with Crippen LogP contribution in [0.3, 0.4) is 0 Å². The lowest BCUT2D eigenvalue weighted by molar-refractivity contribution is 0.614. The van der Waals surface area contributed by atoms with E-state index in [1.807, 2.05) is 23.5 Å². The van der Waals surface area contributed by atoms with Crippen LogP contribution in [0, 0.1) is 0 Å². The predicted molar refractivity (Wildman–Crippen MR) is 107 cm³/mol. The van der Waals surface area contributed by atoms with Crippen LogP contribution < -0.4 is 10.6 Å². The average Bonchev–Trinajstić information content (AvgIpc) is 2.86. The summed E-state index contributed by atoms with van der Waals surface area (Å²) in [6.45, 7) is 4.01. The molecule has 0 aromatic rings. The summed E-state index contributed by atoms with van der Waals surface area (Å²) >= 11 is 3.92. The molecular formula is C14H30IN3S2. The van der Waals surface area contributed by atoms with Gasteiger partial charge in [0.15, 0.2) is 5.96 Å². The second kappa shape index (κ2) is 13.4. The lowest BCUT2D eigenvalue weighted by Crippen LogP contribution is -2.42. The van der Waals surface area contributed by atoms with Gasteiger partial charge in [0.1, 0.15) is 0 Å². The first-order valence-corrected chi connectivity index (χ1v) is 10.0. The predicted octanol–water partition coefficient (Wildman–Crippen LogP) is 3.59. The summed E-state index contributed by atoms with van der Waals surface area (Å²) in [5.74, 6) is 2.26. The SMILES string of the molecule is CCNC(=NCCCCSC)NC1CCC(SC)C1.I. The second-order valence-electron chi connectivity index (χ2n) is 4.97. The smallest absolute Gasteiger partial charge is 0.191 e. The van der Waals surface area contributed by atoms with Crippen molar-refractivity contribution in [2.24, 2.45) is 4.99 Å². The van der Waals surface area contributed by atoms with Gasteiger partial charge in [-0.1, -0.05) is 0 Å². The quantitative estimate of drug-likeness (QED) is 0.267. The highest BCUT2D eigenvalue weighted by atomic mass is 127. The molecule has 20 heavy (non-hydrogen) atoms. The highest BCUT2D eigenvalue weighted by Gasteiger charge is 2.24. The van der Waals surface area contributed by atoms with Crippen LogP contribution in [0.4, 0.5) is 0 Å². The molecule has 0 aromatic heterocycles. The Balaban J connectivity index is 0.00000361. The zero-order valence-electron chi connectivity index (χ0n) is 13.0. The van der Waals surface area contributed by atoms with Crippen LogP contribution in [-0.4, -0.2) is 48.6 Å². The van der Waals surface area contributed by atoms with Crippen LogP contribution in [0.25, 0.3) is 0 Å². The summed E-state index contributed by atoms with van der Waals surface area (Å²) in [6.07, 6.45) is 10.7. The van der Waals surface area contributed by atoms with E-state index < -0.39 is 0 Å². The fourth-order valence-electron chi connectivity index (χ4n) is 2.35. The minimum Gasteiger partial charge on any atom is -0.357 e. The van der Waals surface area contributed by atoms with E-state index in [1.54, 1.807) is 0 Å². The highest BCUT2D eigenvalue weighted by molar-refractivity contribution is 14.0. The van der Waals surface area contributed by atoms with Gasteiger partial charge in [-0.05, 0) is 57.3 Å². The van der Waals surface area contributed by atoms with Gasteiger partial charge < -0.3 is 10.6 Å². The lowest BCUT2D eigenvalue weighted by atomic mass is 10.2. The molecule has 0 saturated heterocycles.